The Balaban J connectivity index is 2.20. The number of nitrogens with one attached hydrogen (secondary N) is 1. The molecule has 0 spiro atoms. The molecule has 0 heterocycles. The number of para-hydroxylation sites is 1. The maximum Gasteiger partial charge on any atom is 0.177 e. The molecule has 0 unspecified atom stereocenters. The Kier molecular flexibility index (Phi) is 4.70. The molecule has 2 rings (SSSR count). The first-order valence-corrected chi connectivity index (χ1v) is 9.02. The van der Waals surface area contributed by atoms with E-state index in [1.54, 1.807) is 12.1 Å². The minimum absolute atomic E-state index is 0.419. The van der Waals surface area contributed by atoms with E-state index in [9.17, 15) is 8.42 Å². The molecule has 0 saturated heterocycles. The van der Waals surface area contributed by atoms with E-state index in [2.05, 4.69) is 10.2 Å². The molecule has 20 heavy (non-hydrogen) atoms. The highest BCUT2D eigenvalue weighted by atomic mass is 32.2. The average Bonchev–Trinajstić information content (AvgIpc) is 2.46. The summed E-state index contributed by atoms with van der Waals surface area (Å²) in [5.41, 5.74) is 0.822. The standard InChI is InChI=1S/C15H24N2O2S/c1-16-12-8-10-13(11-9-12)17(2)14-6-4-5-7-15(14)20(3,18)19/h4-7,12-13,16H,8-11H2,1-3H3. The van der Waals surface area contributed by atoms with Gasteiger partial charge in [0.05, 0.1) is 10.6 Å². The van der Waals surface area contributed by atoms with Crippen LogP contribution in [0.4, 0.5) is 5.69 Å². The second kappa shape index (κ2) is 6.14. The third-order valence-electron chi connectivity index (χ3n) is 4.30. The van der Waals surface area contributed by atoms with E-state index in [4.69, 9.17) is 0 Å². The fourth-order valence-corrected chi connectivity index (χ4v) is 3.93. The zero-order valence-corrected chi connectivity index (χ0v) is 13.3. The maximum atomic E-state index is 11.9. The van der Waals surface area contributed by atoms with Gasteiger partial charge in [0.25, 0.3) is 0 Å². The van der Waals surface area contributed by atoms with Crippen LogP contribution in [0.3, 0.4) is 0 Å². The smallest absolute Gasteiger partial charge is 0.177 e. The number of nitrogens with zero attached hydrogens (tertiary/aromatic N) is 1. The summed E-state index contributed by atoms with van der Waals surface area (Å²) in [4.78, 5) is 2.57. The predicted molar refractivity (Wildman–Crippen MR) is 83.1 cm³/mol. The highest BCUT2D eigenvalue weighted by Crippen LogP contribution is 2.30. The SMILES string of the molecule is CNC1CCC(N(C)c2ccccc2S(C)(=O)=O)CC1. The molecular formula is C15H24N2O2S. The van der Waals surface area contributed by atoms with Gasteiger partial charge >= 0.3 is 0 Å². The predicted octanol–water partition coefficient (Wildman–Crippen LogP) is 2.06. The van der Waals surface area contributed by atoms with Gasteiger partial charge in [0.2, 0.25) is 0 Å². The van der Waals surface area contributed by atoms with Crippen LogP contribution in [0, 0.1) is 0 Å². The van der Waals surface area contributed by atoms with E-state index >= 15 is 0 Å². The Morgan fingerprint density at radius 2 is 1.75 bits per heavy atom. The highest BCUT2D eigenvalue weighted by Gasteiger charge is 2.25. The normalized spacial score (nSPS) is 23.6. The quantitative estimate of drug-likeness (QED) is 0.924. The zero-order valence-electron chi connectivity index (χ0n) is 12.5. The molecule has 0 aliphatic heterocycles. The van der Waals surface area contributed by atoms with Crippen molar-refractivity contribution >= 4 is 15.5 Å². The van der Waals surface area contributed by atoms with Crippen LogP contribution in [0.15, 0.2) is 29.2 Å². The van der Waals surface area contributed by atoms with Gasteiger partial charge in [-0.15, -0.1) is 0 Å². The second-order valence-electron chi connectivity index (χ2n) is 5.64. The van der Waals surface area contributed by atoms with Crippen molar-refractivity contribution in [2.45, 2.75) is 42.7 Å². The lowest BCUT2D eigenvalue weighted by atomic mass is 9.90. The van der Waals surface area contributed by atoms with Crippen LogP contribution in [0.2, 0.25) is 0 Å². The second-order valence-corrected chi connectivity index (χ2v) is 7.63. The van der Waals surface area contributed by atoms with Crippen molar-refractivity contribution in [3.8, 4) is 0 Å². The molecule has 1 fully saturated rings. The largest absolute Gasteiger partial charge is 0.371 e. The van der Waals surface area contributed by atoms with Gasteiger partial charge in [-0.3, -0.25) is 0 Å². The van der Waals surface area contributed by atoms with E-state index in [0.717, 1.165) is 31.4 Å². The lowest BCUT2D eigenvalue weighted by Gasteiger charge is -2.36. The molecule has 0 aromatic heterocycles. The summed E-state index contributed by atoms with van der Waals surface area (Å²) >= 11 is 0. The number of hydrogen-bond donors (Lipinski definition) is 1. The molecule has 1 N–H and O–H groups in total. The minimum atomic E-state index is -3.19. The van der Waals surface area contributed by atoms with Crippen molar-refractivity contribution in [1.29, 1.82) is 0 Å². The molecule has 0 atom stereocenters. The number of rotatable bonds is 4. The van der Waals surface area contributed by atoms with E-state index < -0.39 is 9.84 Å². The van der Waals surface area contributed by atoms with Crippen molar-refractivity contribution in [2.75, 3.05) is 25.3 Å². The Morgan fingerprint density at radius 3 is 2.30 bits per heavy atom. The molecule has 1 aliphatic carbocycles. The van der Waals surface area contributed by atoms with Crippen molar-refractivity contribution in [3.63, 3.8) is 0 Å². The fraction of sp³-hybridized carbons (Fsp3) is 0.600. The van der Waals surface area contributed by atoms with Crippen molar-refractivity contribution in [1.82, 2.24) is 5.32 Å². The maximum absolute atomic E-state index is 11.9. The van der Waals surface area contributed by atoms with Gasteiger partial charge < -0.3 is 10.2 Å². The summed E-state index contributed by atoms with van der Waals surface area (Å²) in [6.45, 7) is 0. The molecule has 112 valence electrons. The summed E-state index contributed by atoms with van der Waals surface area (Å²) in [6, 6.07) is 8.30. The molecule has 5 heteroatoms. The summed E-state index contributed by atoms with van der Waals surface area (Å²) in [5, 5.41) is 3.32. The molecule has 0 radical (unpaired) electrons. The van der Waals surface area contributed by atoms with Gasteiger partial charge in [0.15, 0.2) is 9.84 Å². The van der Waals surface area contributed by atoms with E-state index in [0.29, 0.717) is 17.0 Å². The van der Waals surface area contributed by atoms with Crippen LogP contribution < -0.4 is 10.2 Å². The summed E-state index contributed by atoms with van der Waals surface area (Å²) in [6.07, 6.45) is 5.76. The van der Waals surface area contributed by atoms with E-state index in [1.165, 1.54) is 6.26 Å². The molecule has 1 aliphatic rings. The van der Waals surface area contributed by atoms with Gasteiger partial charge in [0, 0.05) is 25.4 Å². The van der Waals surface area contributed by atoms with E-state index in [-0.39, 0.29) is 0 Å². The monoisotopic (exact) mass is 296 g/mol. The first-order valence-electron chi connectivity index (χ1n) is 7.12. The first-order chi connectivity index (χ1) is 9.43. The number of hydrogen-bond acceptors (Lipinski definition) is 4. The first kappa shape index (κ1) is 15.3. The summed E-state index contributed by atoms with van der Waals surface area (Å²) < 4.78 is 23.8. The number of benzene rings is 1. The lowest BCUT2D eigenvalue weighted by molar-refractivity contribution is 0.351. The molecule has 4 nitrogen and oxygen atoms in total. The van der Waals surface area contributed by atoms with Crippen LogP contribution in [0.5, 0.6) is 0 Å². The Morgan fingerprint density at radius 1 is 1.15 bits per heavy atom. The number of anilines is 1. The molecule has 1 aromatic rings. The molecule has 1 saturated carbocycles. The van der Waals surface area contributed by atoms with E-state index in [1.807, 2.05) is 26.2 Å². The van der Waals surface area contributed by atoms with Gasteiger partial charge in [-0.2, -0.15) is 0 Å². The third-order valence-corrected chi connectivity index (χ3v) is 5.44. The Bertz CT molecular complexity index is 549. The molecule has 0 amide bonds. The van der Waals surface area contributed by atoms with Gasteiger partial charge in [-0.05, 0) is 44.9 Å². The highest BCUT2D eigenvalue weighted by molar-refractivity contribution is 7.90. The average molecular weight is 296 g/mol. The molecule has 0 bridgehead atoms. The van der Waals surface area contributed by atoms with Crippen LogP contribution in [0.1, 0.15) is 25.7 Å². The third kappa shape index (κ3) is 3.33. The Labute approximate surface area is 122 Å². The minimum Gasteiger partial charge on any atom is -0.371 e. The lowest BCUT2D eigenvalue weighted by Crippen LogP contribution is -2.40. The van der Waals surface area contributed by atoms with Crippen LogP contribution in [-0.2, 0) is 9.84 Å². The van der Waals surface area contributed by atoms with Gasteiger partial charge in [-0.1, -0.05) is 12.1 Å². The van der Waals surface area contributed by atoms with Gasteiger partial charge in [0.1, 0.15) is 0 Å². The topological polar surface area (TPSA) is 49.4 Å². The van der Waals surface area contributed by atoms with Crippen LogP contribution >= 0.6 is 0 Å². The summed E-state index contributed by atoms with van der Waals surface area (Å²) in [7, 11) is 0.829. The Hall–Kier alpha value is -1.07. The summed E-state index contributed by atoms with van der Waals surface area (Å²) in [5.74, 6) is 0. The molecule has 1 aromatic carbocycles. The zero-order chi connectivity index (χ0) is 14.8. The molecular weight excluding hydrogens is 272 g/mol. The van der Waals surface area contributed by atoms with Crippen molar-refractivity contribution in [2.24, 2.45) is 0 Å². The van der Waals surface area contributed by atoms with Crippen LogP contribution in [0.25, 0.3) is 0 Å². The van der Waals surface area contributed by atoms with Crippen LogP contribution in [-0.4, -0.2) is 40.9 Å². The van der Waals surface area contributed by atoms with Crippen molar-refractivity contribution in [3.05, 3.63) is 24.3 Å². The van der Waals surface area contributed by atoms with Gasteiger partial charge in [-0.25, -0.2) is 8.42 Å². The van der Waals surface area contributed by atoms with Crippen molar-refractivity contribution < 1.29 is 8.42 Å². The number of sulfone groups is 1. The fourth-order valence-electron chi connectivity index (χ4n) is 3.01.